The van der Waals surface area contributed by atoms with Gasteiger partial charge in [0.25, 0.3) is 5.69 Å². The van der Waals surface area contributed by atoms with E-state index in [-0.39, 0.29) is 33.5 Å². The summed E-state index contributed by atoms with van der Waals surface area (Å²) >= 11 is 2.46. The van der Waals surface area contributed by atoms with Crippen LogP contribution in [0.25, 0.3) is 0 Å². The molecule has 3 aromatic carbocycles. The van der Waals surface area contributed by atoms with Crippen molar-refractivity contribution in [1.82, 2.24) is 15.1 Å². The molecule has 1 fully saturated rings. The van der Waals surface area contributed by atoms with Crippen molar-refractivity contribution in [2.45, 2.75) is 29.9 Å². The molecule has 2 heterocycles. The lowest BCUT2D eigenvalue weighted by Gasteiger charge is -2.42. The second-order valence-corrected chi connectivity index (χ2v) is 12.7. The number of carbonyl (C=O) groups is 2. The first-order chi connectivity index (χ1) is 22.2. The molecule has 2 aliphatic rings. The van der Waals surface area contributed by atoms with Crippen molar-refractivity contribution in [3.63, 3.8) is 0 Å². The summed E-state index contributed by atoms with van der Waals surface area (Å²) in [5.41, 5.74) is 4.23. The van der Waals surface area contributed by atoms with Crippen molar-refractivity contribution in [3.05, 3.63) is 134 Å². The minimum atomic E-state index is -0.894. The summed E-state index contributed by atoms with van der Waals surface area (Å²) in [5, 5.41) is 14.7. The molecule has 1 N–H and O–H groups in total. The Morgan fingerprint density at radius 3 is 2.11 bits per heavy atom. The van der Waals surface area contributed by atoms with Crippen LogP contribution in [0.5, 0.6) is 0 Å². The van der Waals surface area contributed by atoms with Crippen molar-refractivity contribution in [2.75, 3.05) is 39.9 Å². The average Bonchev–Trinajstić information content (AvgIpc) is 3.06. The van der Waals surface area contributed by atoms with Crippen LogP contribution in [-0.2, 0) is 19.1 Å². The molecular formula is C35H37IN4O6. The van der Waals surface area contributed by atoms with Crippen molar-refractivity contribution in [3.8, 4) is 0 Å². The molecule has 1 saturated heterocycles. The van der Waals surface area contributed by atoms with E-state index in [1.807, 2.05) is 12.1 Å². The number of ether oxygens (including phenoxy) is 2. The quantitative estimate of drug-likeness (QED) is 0.0698. The molecule has 0 aliphatic carbocycles. The Kier molecular flexibility index (Phi) is 10.9. The average molecular weight is 737 g/mol. The maximum Gasteiger partial charge on any atom is 0.336 e. The first-order valence-electron chi connectivity index (χ1n) is 15.1. The van der Waals surface area contributed by atoms with Crippen LogP contribution < -0.4 is 5.32 Å². The number of benzene rings is 3. The maximum atomic E-state index is 13.7. The topological polar surface area (TPSA) is 114 Å². The predicted octanol–water partition coefficient (Wildman–Crippen LogP) is 5.71. The first kappa shape index (κ1) is 33.3. The van der Waals surface area contributed by atoms with Gasteiger partial charge in [-0.05, 0) is 30.5 Å². The zero-order valence-corrected chi connectivity index (χ0v) is 28.2. The second-order valence-electron chi connectivity index (χ2n) is 11.3. The molecule has 0 amide bonds. The van der Waals surface area contributed by atoms with E-state index >= 15 is 0 Å². The molecule has 0 bridgehead atoms. The minimum Gasteiger partial charge on any atom is -0.466 e. The molecular weight excluding hydrogens is 699 g/mol. The third kappa shape index (κ3) is 7.32. The molecule has 2 unspecified atom stereocenters. The van der Waals surface area contributed by atoms with Gasteiger partial charge in [0.05, 0.1) is 39.2 Å². The number of halogens is 1. The minimum absolute atomic E-state index is 0.139. The molecule has 2 aliphatic heterocycles. The second kappa shape index (κ2) is 15.0. The van der Waals surface area contributed by atoms with E-state index in [1.54, 1.807) is 26.0 Å². The van der Waals surface area contributed by atoms with Gasteiger partial charge in [0, 0.05) is 49.7 Å². The zero-order chi connectivity index (χ0) is 32.8. The van der Waals surface area contributed by atoms with Crippen molar-refractivity contribution >= 4 is 40.2 Å². The summed E-state index contributed by atoms with van der Waals surface area (Å²) in [7, 11) is 1.26. The largest absolute Gasteiger partial charge is 0.466 e. The van der Waals surface area contributed by atoms with Crippen LogP contribution in [0, 0.1) is 10.1 Å². The fraction of sp³-hybridized carbons (Fsp3) is 0.314. The third-order valence-corrected chi connectivity index (χ3v) is 9.64. The van der Waals surface area contributed by atoms with E-state index < -0.39 is 22.8 Å². The molecule has 5 rings (SSSR count). The molecule has 0 saturated carbocycles. The molecule has 0 aromatic heterocycles. The standard InChI is InChI=1S/C35H37IN4O6/c1-23-30(34(41)45-3)32(27-15-10-16-28(21-27)40(43)44)31(24(2)37-23)35(42)46-20-19-38-17-18-39(22-29(38)36)33(25-11-6-4-7-12-25)26-13-8-5-9-14-26/h4-16,21,29,32-33,37H,17-20,22H2,1-3H3. The van der Waals surface area contributed by atoms with Crippen molar-refractivity contribution in [1.29, 1.82) is 0 Å². The number of non-ortho nitro benzene ring substituents is 1. The molecule has 10 nitrogen and oxygen atoms in total. The highest BCUT2D eigenvalue weighted by Gasteiger charge is 2.38. The number of nitro groups is 1. The number of hydrogen-bond donors (Lipinski definition) is 1. The summed E-state index contributed by atoms with van der Waals surface area (Å²) in [5.74, 6) is -2.11. The summed E-state index contributed by atoms with van der Waals surface area (Å²) in [4.78, 5) is 42.5. The first-order valence-corrected chi connectivity index (χ1v) is 16.3. The summed E-state index contributed by atoms with van der Waals surface area (Å²) in [6.45, 7) is 6.60. The maximum absolute atomic E-state index is 13.7. The number of nitrogens with one attached hydrogen (secondary N) is 1. The van der Waals surface area contributed by atoms with Gasteiger partial charge in [-0.1, -0.05) is 95.4 Å². The fourth-order valence-electron chi connectivity index (χ4n) is 6.30. The number of piperazine rings is 1. The van der Waals surface area contributed by atoms with Gasteiger partial charge >= 0.3 is 11.9 Å². The van der Waals surface area contributed by atoms with E-state index in [4.69, 9.17) is 9.47 Å². The van der Waals surface area contributed by atoms with Gasteiger partial charge in [-0.15, -0.1) is 0 Å². The van der Waals surface area contributed by atoms with E-state index in [0.29, 0.717) is 23.5 Å². The number of carbonyl (C=O) groups excluding carboxylic acids is 2. The number of allylic oxidation sites excluding steroid dienone is 2. The Balaban J connectivity index is 1.28. The van der Waals surface area contributed by atoms with Crippen molar-refractivity contribution < 1.29 is 24.0 Å². The molecule has 240 valence electrons. The lowest BCUT2D eigenvalue weighted by atomic mass is 9.80. The van der Waals surface area contributed by atoms with Gasteiger partial charge in [0.15, 0.2) is 0 Å². The van der Waals surface area contributed by atoms with Crippen LogP contribution in [0.4, 0.5) is 5.69 Å². The zero-order valence-electron chi connectivity index (χ0n) is 26.0. The molecule has 3 aromatic rings. The van der Waals surface area contributed by atoms with Crippen LogP contribution in [0.2, 0.25) is 0 Å². The van der Waals surface area contributed by atoms with Gasteiger partial charge in [-0.2, -0.15) is 0 Å². The van der Waals surface area contributed by atoms with Crippen LogP contribution in [0.1, 0.15) is 42.5 Å². The van der Waals surface area contributed by atoms with E-state index in [1.165, 1.54) is 30.4 Å². The third-order valence-electron chi connectivity index (χ3n) is 8.46. The summed E-state index contributed by atoms with van der Waals surface area (Å²) in [6, 6.07) is 27.2. The highest BCUT2D eigenvalue weighted by Crippen LogP contribution is 2.40. The summed E-state index contributed by atoms with van der Waals surface area (Å²) in [6.07, 6.45) is 0. The van der Waals surface area contributed by atoms with Gasteiger partial charge < -0.3 is 14.8 Å². The van der Waals surface area contributed by atoms with Gasteiger partial charge in [-0.3, -0.25) is 19.9 Å². The van der Waals surface area contributed by atoms with Crippen LogP contribution in [-0.4, -0.2) is 70.6 Å². The van der Waals surface area contributed by atoms with E-state index in [0.717, 1.165) is 19.6 Å². The smallest absolute Gasteiger partial charge is 0.336 e. The van der Waals surface area contributed by atoms with E-state index in [2.05, 4.69) is 86.2 Å². The van der Waals surface area contributed by atoms with Crippen molar-refractivity contribution in [2.24, 2.45) is 0 Å². The van der Waals surface area contributed by atoms with E-state index in [9.17, 15) is 19.7 Å². The molecule has 0 radical (unpaired) electrons. The summed E-state index contributed by atoms with van der Waals surface area (Å²) < 4.78 is 11.1. The number of dihydropyridines is 1. The predicted molar refractivity (Wildman–Crippen MR) is 183 cm³/mol. The Labute approximate surface area is 282 Å². The molecule has 11 heteroatoms. The SMILES string of the molecule is COC(=O)C1=C(C)NC(C)=C(C(=O)OCCN2CCN(C(c3ccccc3)c3ccccc3)CC2I)C1c1cccc([N+](=O)[O-])c1. The van der Waals surface area contributed by atoms with Gasteiger partial charge in [0.1, 0.15) is 6.61 Å². The lowest BCUT2D eigenvalue weighted by molar-refractivity contribution is -0.384. The Bertz CT molecular complexity index is 1610. The number of alkyl halides is 1. The number of hydrogen-bond acceptors (Lipinski definition) is 9. The number of nitro benzene ring substituents is 1. The van der Waals surface area contributed by atoms with Crippen LogP contribution >= 0.6 is 22.6 Å². The highest BCUT2D eigenvalue weighted by molar-refractivity contribution is 14.1. The lowest BCUT2D eigenvalue weighted by Crippen LogP contribution is -2.52. The highest BCUT2D eigenvalue weighted by atomic mass is 127. The Morgan fingerprint density at radius 1 is 0.935 bits per heavy atom. The van der Waals surface area contributed by atoms with Gasteiger partial charge in [-0.25, -0.2) is 9.59 Å². The normalized spacial score (nSPS) is 19.2. The fourth-order valence-corrected chi connectivity index (χ4v) is 7.36. The van der Waals surface area contributed by atoms with Crippen LogP contribution in [0.15, 0.2) is 107 Å². The van der Waals surface area contributed by atoms with Gasteiger partial charge in [0.2, 0.25) is 0 Å². The number of nitrogens with zero attached hydrogens (tertiary/aromatic N) is 3. The van der Waals surface area contributed by atoms with Crippen LogP contribution in [0.3, 0.4) is 0 Å². The Morgan fingerprint density at radius 2 is 1.54 bits per heavy atom. The number of methoxy groups -OCH3 is 1. The monoisotopic (exact) mass is 736 g/mol. The molecule has 2 atom stereocenters. The molecule has 46 heavy (non-hydrogen) atoms. The number of esters is 2. The molecule has 0 spiro atoms. The Hall–Kier alpha value is -4.07. The number of rotatable bonds is 10.